The van der Waals surface area contributed by atoms with Crippen molar-refractivity contribution < 1.29 is 4.79 Å². The molecular weight excluding hydrogens is 256 g/mol. The van der Waals surface area contributed by atoms with Crippen molar-refractivity contribution in [3.8, 4) is 0 Å². The third-order valence-corrected chi connectivity index (χ3v) is 3.58. The molecule has 6 heteroatoms. The summed E-state index contributed by atoms with van der Waals surface area (Å²) in [6, 6.07) is 3.54. The van der Waals surface area contributed by atoms with Gasteiger partial charge in [-0.15, -0.1) is 0 Å². The molecule has 0 aromatic carbocycles. The molecule has 1 aliphatic rings. The quantitative estimate of drug-likeness (QED) is 0.825. The van der Waals surface area contributed by atoms with Crippen LogP contribution in [0.4, 0.5) is 0 Å². The Hall–Kier alpha value is -2.24. The smallest absolute Gasteiger partial charge is 0.279 e. The van der Waals surface area contributed by atoms with Crippen molar-refractivity contribution in [2.24, 2.45) is 0 Å². The Balaban J connectivity index is 1.70. The fourth-order valence-corrected chi connectivity index (χ4v) is 2.52. The lowest BCUT2D eigenvalue weighted by Crippen LogP contribution is -2.28. The van der Waals surface area contributed by atoms with Crippen LogP contribution in [0.1, 0.15) is 19.3 Å². The minimum atomic E-state index is -0.122. The molecule has 0 bridgehead atoms. The molecule has 0 saturated carbocycles. The van der Waals surface area contributed by atoms with Gasteiger partial charge in [-0.2, -0.15) is 0 Å². The Morgan fingerprint density at radius 1 is 1.20 bits per heavy atom. The van der Waals surface area contributed by atoms with Gasteiger partial charge in [-0.05, 0) is 25.0 Å². The van der Waals surface area contributed by atoms with Gasteiger partial charge in [-0.25, -0.2) is 9.97 Å². The molecule has 0 aliphatic carbocycles. The van der Waals surface area contributed by atoms with Crippen molar-refractivity contribution in [2.45, 2.75) is 25.8 Å². The summed E-state index contributed by atoms with van der Waals surface area (Å²) in [5.74, 6) is 0.218. The molecule has 2 aromatic rings. The summed E-state index contributed by atoms with van der Waals surface area (Å²) in [6.45, 7) is 2.10. The molecule has 20 heavy (non-hydrogen) atoms. The number of aromatic nitrogens is 3. The van der Waals surface area contributed by atoms with E-state index in [2.05, 4.69) is 9.97 Å². The molecule has 3 rings (SSSR count). The van der Waals surface area contributed by atoms with Crippen molar-refractivity contribution in [3.05, 3.63) is 35.0 Å². The van der Waals surface area contributed by atoms with E-state index in [9.17, 15) is 9.59 Å². The third kappa shape index (κ3) is 2.41. The van der Waals surface area contributed by atoms with Gasteiger partial charge >= 0.3 is 0 Å². The number of hydrogen-bond acceptors (Lipinski definition) is 4. The van der Waals surface area contributed by atoms with Crippen LogP contribution in [0, 0.1) is 0 Å². The lowest BCUT2D eigenvalue weighted by Gasteiger charge is -2.15. The van der Waals surface area contributed by atoms with Crippen molar-refractivity contribution in [1.29, 1.82) is 0 Å². The second-order valence-electron chi connectivity index (χ2n) is 4.95. The van der Waals surface area contributed by atoms with Gasteiger partial charge in [0.05, 0.1) is 11.8 Å². The number of likely N-dealkylation sites (tertiary alicyclic amines) is 1. The van der Waals surface area contributed by atoms with E-state index < -0.39 is 0 Å². The fourth-order valence-electron chi connectivity index (χ4n) is 2.52. The Morgan fingerprint density at radius 3 is 2.90 bits per heavy atom. The van der Waals surface area contributed by atoms with Gasteiger partial charge in [0.2, 0.25) is 5.91 Å². The predicted octanol–water partition coefficient (Wildman–Crippen LogP) is 0.804. The maximum absolute atomic E-state index is 12.2. The first kappa shape index (κ1) is 12.8. The molecule has 2 aromatic heterocycles. The average molecular weight is 272 g/mol. The zero-order chi connectivity index (χ0) is 13.9. The number of pyridine rings is 1. The van der Waals surface area contributed by atoms with E-state index in [4.69, 9.17) is 0 Å². The highest BCUT2D eigenvalue weighted by atomic mass is 16.2. The molecule has 1 fully saturated rings. The first-order chi connectivity index (χ1) is 9.75. The van der Waals surface area contributed by atoms with Crippen LogP contribution in [-0.2, 0) is 11.3 Å². The Morgan fingerprint density at radius 2 is 2.10 bits per heavy atom. The Labute approximate surface area is 116 Å². The van der Waals surface area contributed by atoms with E-state index in [0.29, 0.717) is 30.5 Å². The average Bonchev–Trinajstić information content (AvgIpc) is 2.87. The van der Waals surface area contributed by atoms with Crippen LogP contribution in [0.5, 0.6) is 0 Å². The summed E-state index contributed by atoms with van der Waals surface area (Å²) < 4.78 is 1.57. The highest BCUT2D eigenvalue weighted by molar-refractivity contribution is 5.78. The summed E-state index contributed by atoms with van der Waals surface area (Å²) in [5.41, 5.74) is 0.888. The van der Waals surface area contributed by atoms with Crippen LogP contribution in [0.3, 0.4) is 0 Å². The van der Waals surface area contributed by atoms with E-state index >= 15 is 0 Å². The minimum Gasteiger partial charge on any atom is -0.343 e. The monoisotopic (exact) mass is 272 g/mol. The zero-order valence-electron chi connectivity index (χ0n) is 11.2. The van der Waals surface area contributed by atoms with Gasteiger partial charge in [0.15, 0.2) is 5.52 Å². The van der Waals surface area contributed by atoms with E-state index in [0.717, 1.165) is 19.4 Å². The summed E-state index contributed by atoms with van der Waals surface area (Å²) in [6.07, 6.45) is 5.50. The van der Waals surface area contributed by atoms with Gasteiger partial charge in [0.25, 0.3) is 5.56 Å². The summed E-state index contributed by atoms with van der Waals surface area (Å²) in [4.78, 5) is 33.9. The van der Waals surface area contributed by atoms with Gasteiger partial charge in [-0.1, -0.05) is 0 Å². The molecule has 1 amide bonds. The van der Waals surface area contributed by atoms with Crippen molar-refractivity contribution in [2.75, 3.05) is 13.1 Å². The summed E-state index contributed by atoms with van der Waals surface area (Å²) >= 11 is 0. The second-order valence-corrected chi connectivity index (χ2v) is 4.95. The van der Waals surface area contributed by atoms with E-state index in [1.807, 2.05) is 4.90 Å². The SMILES string of the molecule is O=C1CCCN1CCCn1cnc2cccnc2c1=O. The lowest BCUT2D eigenvalue weighted by atomic mass is 10.3. The zero-order valence-corrected chi connectivity index (χ0v) is 11.2. The molecule has 1 aliphatic heterocycles. The number of nitrogens with zero attached hydrogens (tertiary/aromatic N) is 4. The van der Waals surface area contributed by atoms with Crippen LogP contribution >= 0.6 is 0 Å². The van der Waals surface area contributed by atoms with Gasteiger partial charge < -0.3 is 4.90 Å². The number of fused-ring (bicyclic) bond motifs is 1. The van der Waals surface area contributed by atoms with Gasteiger partial charge in [0, 0.05) is 32.3 Å². The highest BCUT2D eigenvalue weighted by Gasteiger charge is 2.19. The standard InChI is InChI=1S/C14H16N4O2/c19-12-5-2-7-17(12)8-3-9-18-10-16-11-4-1-6-15-13(11)14(18)20/h1,4,6,10H,2-3,5,7-9H2. The molecule has 3 heterocycles. The number of hydrogen-bond donors (Lipinski definition) is 0. The molecule has 0 radical (unpaired) electrons. The number of carbonyl (C=O) groups is 1. The molecule has 1 saturated heterocycles. The lowest BCUT2D eigenvalue weighted by molar-refractivity contribution is -0.127. The fraction of sp³-hybridized carbons (Fsp3) is 0.429. The highest BCUT2D eigenvalue weighted by Crippen LogP contribution is 2.10. The number of aryl methyl sites for hydroxylation is 1. The van der Waals surface area contributed by atoms with Crippen LogP contribution in [0.15, 0.2) is 29.5 Å². The molecule has 6 nitrogen and oxygen atoms in total. The maximum atomic E-state index is 12.2. The van der Waals surface area contributed by atoms with Gasteiger partial charge in [-0.3, -0.25) is 14.2 Å². The van der Waals surface area contributed by atoms with Gasteiger partial charge in [0.1, 0.15) is 0 Å². The third-order valence-electron chi connectivity index (χ3n) is 3.58. The molecule has 0 atom stereocenters. The minimum absolute atomic E-state index is 0.122. The summed E-state index contributed by atoms with van der Waals surface area (Å²) in [7, 11) is 0. The first-order valence-corrected chi connectivity index (χ1v) is 6.83. The molecule has 0 spiro atoms. The molecule has 0 N–H and O–H groups in total. The second kappa shape index (κ2) is 5.40. The molecule has 0 unspecified atom stereocenters. The molecular formula is C14H16N4O2. The largest absolute Gasteiger partial charge is 0.343 e. The number of rotatable bonds is 4. The number of amides is 1. The van der Waals surface area contributed by atoms with Crippen molar-refractivity contribution >= 4 is 16.9 Å². The van der Waals surface area contributed by atoms with Crippen LogP contribution < -0.4 is 5.56 Å². The van der Waals surface area contributed by atoms with E-state index in [-0.39, 0.29) is 11.5 Å². The van der Waals surface area contributed by atoms with Crippen LogP contribution in [-0.4, -0.2) is 38.4 Å². The normalized spacial score (nSPS) is 15.2. The maximum Gasteiger partial charge on any atom is 0.279 e. The van der Waals surface area contributed by atoms with Crippen molar-refractivity contribution in [1.82, 2.24) is 19.4 Å². The molecule has 104 valence electrons. The van der Waals surface area contributed by atoms with E-state index in [1.165, 1.54) is 0 Å². The number of carbonyl (C=O) groups excluding carboxylic acids is 1. The predicted molar refractivity (Wildman–Crippen MR) is 74.2 cm³/mol. The first-order valence-electron chi connectivity index (χ1n) is 6.83. The van der Waals surface area contributed by atoms with E-state index in [1.54, 1.807) is 29.2 Å². The van der Waals surface area contributed by atoms with Crippen LogP contribution in [0.25, 0.3) is 11.0 Å². The Kier molecular flexibility index (Phi) is 3.45. The van der Waals surface area contributed by atoms with Crippen LogP contribution in [0.2, 0.25) is 0 Å². The topological polar surface area (TPSA) is 68.1 Å². The van der Waals surface area contributed by atoms with Crippen molar-refractivity contribution in [3.63, 3.8) is 0 Å². The summed E-state index contributed by atoms with van der Waals surface area (Å²) in [5, 5.41) is 0. The Bertz CT molecular complexity index is 695.